The van der Waals surface area contributed by atoms with Crippen molar-refractivity contribution in [2.24, 2.45) is 0 Å². The van der Waals surface area contributed by atoms with Crippen molar-refractivity contribution in [1.29, 1.82) is 0 Å². The predicted molar refractivity (Wildman–Crippen MR) is 103 cm³/mol. The molecule has 6 nitrogen and oxygen atoms in total. The summed E-state index contributed by atoms with van der Waals surface area (Å²) in [4.78, 5) is 19.1. The predicted octanol–water partition coefficient (Wildman–Crippen LogP) is 4.43. The highest BCUT2D eigenvalue weighted by atomic mass is 35.5. The van der Waals surface area contributed by atoms with Crippen LogP contribution in [0.2, 0.25) is 10.0 Å². The number of pyridine rings is 1. The van der Waals surface area contributed by atoms with Crippen LogP contribution < -0.4 is 0 Å². The molecule has 0 saturated heterocycles. The van der Waals surface area contributed by atoms with Crippen molar-refractivity contribution in [3.8, 4) is 5.82 Å². The van der Waals surface area contributed by atoms with E-state index in [1.54, 1.807) is 15.8 Å². The molecule has 2 aromatic heterocycles. The average molecular weight is 420 g/mol. The molecule has 144 valence electrons. The van der Waals surface area contributed by atoms with Crippen LogP contribution in [0.1, 0.15) is 47.6 Å². The summed E-state index contributed by atoms with van der Waals surface area (Å²) in [5.41, 5.74) is 1.77. The van der Waals surface area contributed by atoms with E-state index in [9.17, 15) is 9.18 Å². The second-order valence-corrected chi connectivity index (χ2v) is 7.47. The molecule has 1 aromatic carbocycles. The van der Waals surface area contributed by atoms with Crippen LogP contribution in [0.25, 0.3) is 5.82 Å². The number of halogens is 3. The normalized spacial score (nSPS) is 18.8. The van der Waals surface area contributed by atoms with Crippen LogP contribution in [0.4, 0.5) is 4.39 Å². The molecule has 1 aliphatic heterocycles. The Labute approximate surface area is 170 Å². The zero-order chi connectivity index (χ0) is 20.0. The number of nitrogens with zero attached hydrogens (tertiary/aromatic N) is 5. The van der Waals surface area contributed by atoms with Crippen LogP contribution in [0, 0.1) is 5.82 Å². The third kappa shape index (κ3) is 2.95. The lowest BCUT2D eigenvalue weighted by Crippen LogP contribution is -2.41. The molecule has 0 aliphatic carbocycles. The number of fused-ring (bicyclic) bond motifs is 1. The summed E-state index contributed by atoms with van der Waals surface area (Å²) in [6, 6.07) is 7.71. The van der Waals surface area contributed by atoms with Gasteiger partial charge in [-0.2, -0.15) is 4.68 Å². The first-order valence-electron chi connectivity index (χ1n) is 8.71. The molecule has 0 bridgehead atoms. The van der Waals surface area contributed by atoms with Gasteiger partial charge in [-0.05, 0) is 31.2 Å². The van der Waals surface area contributed by atoms with Crippen LogP contribution in [0.15, 0.2) is 36.5 Å². The van der Waals surface area contributed by atoms with Gasteiger partial charge in [-0.15, -0.1) is 5.10 Å². The van der Waals surface area contributed by atoms with Gasteiger partial charge in [0.05, 0.1) is 27.3 Å². The van der Waals surface area contributed by atoms with E-state index >= 15 is 0 Å². The second-order valence-electron chi connectivity index (χ2n) is 6.72. The first kappa shape index (κ1) is 18.8. The summed E-state index contributed by atoms with van der Waals surface area (Å²) in [5, 5.41) is 8.21. The third-order valence-electron chi connectivity index (χ3n) is 4.93. The Hall–Kier alpha value is -2.51. The summed E-state index contributed by atoms with van der Waals surface area (Å²) in [5.74, 6) is -0.363. The van der Waals surface area contributed by atoms with Gasteiger partial charge in [-0.3, -0.25) is 4.79 Å². The SMILES string of the molecule is CC1CN(C(=O)c2ccc(F)c(Cl)c2Cl)[C@@H](C)c2nnn(-c3ccccn3)c21. The van der Waals surface area contributed by atoms with Gasteiger partial charge < -0.3 is 4.90 Å². The number of carbonyl (C=O) groups excluding carboxylic acids is 1. The standard InChI is InChI=1S/C19H16Cl2FN5O/c1-10-9-26(19(28)12-6-7-13(22)16(21)15(12)20)11(2)17-18(10)27(25-24-17)14-5-3-4-8-23-14/h3-8,10-11H,9H2,1-2H3/t10?,11-/m0/s1. The van der Waals surface area contributed by atoms with Crippen LogP contribution in [0.5, 0.6) is 0 Å². The minimum Gasteiger partial charge on any atom is -0.329 e. The molecule has 1 aliphatic rings. The zero-order valence-electron chi connectivity index (χ0n) is 15.1. The summed E-state index contributed by atoms with van der Waals surface area (Å²) in [6.45, 7) is 4.30. The van der Waals surface area contributed by atoms with E-state index in [4.69, 9.17) is 23.2 Å². The molecule has 0 fully saturated rings. The van der Waals surface area contributed by atoms with Crippen molar-refractivity contribution in [1.82, 2.24) is 24.9 Å². The molecule has 9 heteroatoms. The number of carbonyl (C=O) groups is 1. The Balaban J connectivity index is 1.72. The third-order valence-corrected chi connectivity index (χ3v) is 5.78. The molecule has 1 amide bonds. The quantitative estimate of drug-likeness (QED) is 0.576. The van der Waals surface area contributed by atoms with Crippen LogP contribution in [-0.2, 0) is 0 Å². The molecule has 4 rings (SSSR count). The van der Waals surface area contributed by atoms with Gasteiger partial charge in [0, 0.05) is 18.7 Å². The maximum atomic E-state index is 13.6. The summed E-state index contributed by atoms with van der Waals surface area (Å²) in [6.07, 6.45) is 1.69. The Kier molecular flexibility index (Phi) is 4.81. The average Bonchev–Trinajstić information content (AvgIpc) is 3.15. The van der Waals surface area contributed by atoms with Crippen molar-refractivity contribution >= 4 is 29.1 Å². The van der Waals surface area contributed by atoms with E-state index in [0.29, 0.717) is 18.1 Å². The Morgan fingerprint density at radius 1 is 1.18 bits per heavy atom. The molecule has 1 unspecified atom stereocenters. The topological polar surface area (TPSA) is 63.9 Å². The summed E-state index contributed by atoms with van der Waals surface area (Å²) < 4.78 is 15.3. The number of benzene rings is 1. The Bertz CT molecular complexity index is 1060. The van der Waals surface area contributed by atoms with Crippen molar-refractivity contribution in [3.05, 3.63) is 69.3 Å². The zero-order valence-corrected chi connectivity index (χ0v) is 16.6. The Morgan fingerprint density at radius 2 is 1.96 bits per heavy atom. The lowest BCUT2D eigenvalue weighted by atomic mass is 9.94. The van der Waals surface area contributed by atoms with E-state index in [-0.39, 0.29) is 33.5 Å². The largest absolute Gasteiger partial charge is 0.329 e. The lowest BCUT2D eigenvalue weighted by molar-refractivity contribution is 0.0653. The van der Waals surface area contributed by atoms with Gasteiger partial charge in [0.2, 0.25) is 0 Å². The van der Waals surface area contributed by atoms with Crippen LogP contribution >= 0.6 is 23.2 Å². The fourth-order valence-corrected chi connectivity index (χ4v) is 3.90. The van der Waals surface area contributed by atoms with Crippen LogP contribution in [-0.4, -0.2) is 37.3 Å². The number of rotatable bonds is 2. The van der Waals surface area contributed by atoms with Gasteiger partial charge >= 0.3 is 0 Å². The van der Waals surface area contributed by atoms with E-state index < -0.39 is 5.82 Å². The number of aromatic nitrogens is 4. The van der Waals surface area contributed by atoms with Gasteiger partial charge in [0.15, 0.2) is 5.82 Å². The van der Waals surface area contributed by atoms with E-state index in [2.05, 4.69) is 15.3 Å². The van der Waals surface area contributed by atoms with E-state index in [1.165, 1.54) is 6.07 Å². The molecule has 0 N–H and O–H groups in total. The first-order valence-corrected chi connectivity index (χ1v) is 9.47. The monoisotopic (exact) mass is 419 g/mol. The molecular weight excluding hydrogens is 404 g/mol. The molecule has 0 spiro atoms. The minimum absolute atomic E-state index is 0.0400. The second kappa shape index (κ2) is 7.14. The summed E-state index contributed by atoms with van der Waals surface area (Å²) >= 11 is 12.0. The minimum atomic E-state index is -0.663. The smallest absolute Gasteiger partial charge is 0.256 e. The first-order chi connectivity index (χ1) is 13.4. The molecule has 3 heterocycles. The van der Waals surface area contributed by atoms with E-state index in [0.717, 1.165) is 11.8 Å². The maximum absolute atomic E-state index is 13.6. The highest BCUT2D eigenvalue weighted by Crippen LogP contribution is 2.37. The fraction of sp³-hybridized carbons (Fsp3) is 0.263. The molecule has 0 radical (unpaired) electrons. The maximum Gasteiger partial charge on any atom is 0.256 e. The molecular formula is C19H16Cl2FN5O. The molecule has 28 heavy (non-hydrogen) atoms. The van der Waals surface area contributed by atoms with E-state index in [1.807, 2.05) is 32.0 Å². The molecule has 3 aromatic rings. The van der Waals surface area contributed by atoms with Crippen molar-refractivity contribution in [2.75, 3.05) is 6.54 Å². The molecule has 2 atom stereocenters. The lowest BCUT2D eigenvalue weighted by Gasteiger charge is -2.36. The van der Waals surface area contributed by atoms with Gasteiger partial charge in [-0.25, -0.2) is 9.37 Å². The molecule has 0 saturated carbocycles. The van der Waals surface area contributed by atoms with Crippen molar-refractivity contribution in [3.63, 3.8) is 0 Å². The number of hydrogen-bond donors (Lipinski definition) is 0. The van der Waals surface area contributed by atoms with Gasteiger partial charge in [-0.1, -0.05) is 41.4 Å². The Morgan fingerprint density at radius 3 is 2.68 bits per heavy atom. The number of amides is 1. The van der Waals surface area contributed by atoms with Crippen molar-refractivity contribution in [2.45, 2.75) is 25.8 Å². The summed E-state index contributed by atoms with van der Waals surface area (Å²) in [7, 11) is 0. The van der Waals surface area contributed by atoms with Gasteiger partial charge in [0.25, 0.3) is 5.91 Å². The highest BCUT2D eigenvalue weighted by Gasteiger charge is 2.37. The highest BCUT2D eigenvalue weighted by molar-refractivity contribution is 6.44. The number of hydrogen-bond acceptors (Lipinski definition) is 4. The van der Waals surface area contributed by atoms with Crippen LogP contribution in [0.3, 0.4) is 0 Å². The van der Waals surface area contributed by atoms with Crippen molar-refractivity contribution < 1.29 is 9.18 Å². The van der Waals surface area contributed by atoms with Gasteiger partial charge in [0.1, 0.15) is 11.5 Å². The fourth-order valence-electron chi connectivity index (χ4n) is 3.50.